The van der Waals surface area contributed by atoms with Gasteiger partial charge in [0.05, 0.1) is 11.0 Å². The lowest BCUT2D eigenvalue weighted by Crippen LogP contribution is -2.30. The fraction of sp³-hybridized carbons (Fsp3) is 0.417. The summed E-state index contributed by atoms with van der Waals surface area (Å²) in [4.78, 5) is 23.4. The standard InChI is InChI=1S/C12H13ClN2O5S/c1-8(9-2-4-10(5-3-9)15(17)18)14-7-11(6-12(14)16)21(13,19)20/h2-5,8,11H,6-7H2,1H3/t8-,11?/m0/s1. The number of carbonyl (C=O) groups is 1. The summed E-state index contributed by atoms with van der Waals surface area (Å²) in [6, 6.07) is 5.43. The predicted molar refractivity (Wildman–Crippen MR) is 76.4 cm³/mol. The summed E-state index contributed by atoms with van der Waals surface area (Å²) in [7, 11) is 1.51. The van der Waals surface area contributed by atoms with E-state index in [1.54, 1.807) is 19.1 Å². The molecule has 1 amide bonds. The van der Waals surface area contributed by atoms with Crippen LogP contribution in [0.1, 0.15) is 24.9 Å². The van der Waals surface area contributed by atoms with Crippen LogP contribution in [0.4, 0.5) is 5.69 Å². The number of nitro groups is 1. The normalized spacial score (nSPS) is 20.6. The second-order valence-electron chi connectivity index (χ2n) is 4.87. The number of nitrogens with zero attached hydrogens (tertiary/aromatic N) is 2. The first-order valence-electron chi connectivity index (χ1n) is 6.17. The van der Waals surface area contributed by atoms with E-state index in [0.717, 1.165) is 0 Å². The van der Waals surface area contributed by atoms with E-state index in [-0.39, 0.29) is 30.6 Å². The van der Waals surface area contributed by atoms with Crippen LogP contribution in [0.25, 0.3) is 0 Å². The molecule has 7 nitrogen and oxygen atoms in total. The van der Waals surface area contributed by atoms with Gasteiger partial charge in [0.25, 0.3) is 5.69 Å². The van der Waals surface area contributed by atoms with Gasteiger partial charge >= 0.3 is 0 Å². The molecule has 21 heavy (non-hydrogen) atoms. The van der Waals surface area contributed by atoms with Crippen LogP contribution in [-0.4, -0.2) is 35.9 Å². The Morgan fingerprint density at radius 1 is 1.38 bits per heavy atom. The summed E-state index contributed by atoms with van der Waals surface area (Å²) < 4.78 is 22.6. The van der Waals surface area contributed by atoms with Crippen molar-refractivity contribution in [2.24, 2.45) is 0 Å². The fourth-order valence-electron chi connectivity index (χ4n) is 2.31. The average Bonchev–Trinajstić information content (AvgIpc) is 2.80. The largest absolute Gasteiger partial charge is 0.335 e. The number of hydrogen-bond donors (Lipinski definition) is 0. The number of likely N-dealkylation sites (tertiary alicyclic amines) is 1. The van der Waals surface area contributed by atoms with Crippen molar-refractivity contribution in [1.82, 2.24) is 4.90 Å². The number of hydrogen-bond acceptors (Lipinski definition) is 5. The lowest BCUT2D eigenvalue weighted by molar-refractivity contribution is -0.384. The van der Waals surface area contributed by atoms with Crippen LogP contribution in [0.15, 0.2) is 24.3 Å². The first-order valence-corrected chi connectivity index (χ1v) is 8.54. The second kappa shape index (κ2) is 5.61. The van der Waals surface area contributed by atoms with Crippen LogP contribution in [0.3, 0.4) is 0 Å². The summed E-state index contributed by atoms with van der Waals surface area (Å²) in [5.74, 6) is -0.296. The van der Waals surface area contributed by atoms with Crippen molar-refractivity contribution in [3.8, 4) is 0 Å². The van der Waals surface area contributed by atoms with E-state index in [1.165, 1.54) is 17.0 Å². The molecule has 1 saturated heterocycles. The Morgan fingerprint density at radius 3 is 2.38 bits per heavy atom. The number of benzene rings is 1. The maximum Gasteiger partial charge on any atom is 0.269 e. The van der Waals surface area contributed by atoms with E-state index in [4.69, 9.17) is 10.7 Å². The molecule has 0 N–H and O–H groups in total. The van der Waals surface area contributed by atoms with Gasteiger partial charge in [-0.15, -0.1) is 0 Å². The molecule has 1 aliphatic rings. The van der Waals surface area contributed by atoms with Gasteiger partial charge in [0, 0.05) is 35.8 Å². The first-order chi connectivity index (χ1) is 9.70. The minimum Gasteiger partial charge on any atom is -0.335 e. The zero-order chi connectivity index (χ0) is 15.8. The Bertz CT molecular complexity index is 673. The third kappa shape index (κ3) is 3.33. The molecule has 2 rings (SSSR count). The highest BCUT2D eigenvalue weighted by molar-refractivity contribution is 8.14. The van der Waals surface area contributed by atoms with Crippen LogP contribution in [0, 0.1) is 10.1 Å². The number of halogens is 1. The lowest BCUT2D eigenvalue weighted by Gasteiger charge is -2.24. The zero-order valence-corrected chi connectivity index (χ0v) is 12.7. The predicted octanol–water partition coefficient (Wildman–Crippen LogP) is 1.83. The highest BCUT2D eigenvalue weighted by Crippen LogP contribution is 2.30. The Balaban J connectivity index is 2.18. The quantitative estimate of drug-likeness (QED) is 0.476. The number of non-ortho nitro benzene ring substituents is 1. The monoisotopic (exact) mass is 332 g/mol. The van der Waals surface area contributed by atoms with Crippen LogP contribution < -0.4 is 0 Å². The molecule has 0 aromatic heterocycles. The molecule has 1 aromatic rings. The zero-order valence-electron chi connectivity index (χ0n) is 11.1. The molecule has 1 aromatic carbocycles. The molecule has 0 radical (unpaired) electrons. The molecular weight excluding hydrogens is 320 g/mol. The van der Waals surface area contributed by atoms with Gasteiger partial charge in [-0.1, -0.05) is 12.1 Å². The van der Waals surface area contributed by atoms with Crippen molar-refractivity contribution in [2.75, 3.05) is 6.54 Å². The SMILES string of the molecule is C[C@@H](c1ccc([N+](=O)[O-])cc1)N1CC(S(=O)(=O)Cl)CC1=O. The van der Waals surface area contributed by atoms with Crippen molar-refractivity contribution < 1.29 is 18.1 Å². The van der Waals surface area contributed by atoms with E-state index in [0.29, 0.717) is 5.56 Å². The van der Waals surface area contributed by atoms with Gasteiger partial charge in [-0.25, -0.2) is 8.42 Å². The molecule has 1 unspecified atom stereocenters. The summed E-state index contributed by atoms with van der Waals surface area (Å²) in [6.07, 6.45) is -0.136. The van der Waals surface area contributed by atoms with E-state index >= 15 is 0 Å². The van der Waals surface area contributed by atoms with E-state index in [1.807, 2.05) is 0 Å². The molecule has 1 aliphatic heterocycles. The van der Waals surface area contributed by atoms with Crippen LogP contribution in [0.5, 0.6) is 0 Å². The minimum atomic E-state index is -3.78. The fourth-order valence-corrected chi connectivity index (χ4v) is 3.35. The maximum absolute atomic E-state index is 11.9. The summed E-state index contributed by atoms with van der Waals surface area (Å²) >= 11 is 0. The van der Waals surface area contributed by atoms with Crippen molar-refractivity contribution >= 4 is 31.3 Å². The van der Waals surface area contributed by atoms with Gasteiger partial charge in [-0.3, -0.25) is 14.9 Å². The lowest BCUT2D eigenvalue weighted by atomic mass is 10.1. The molecule has 0 saturated carbocycles. The molecular formula is C12H13ClN2O5S. The highest BCUT2D eigenvalue weighted by Gasteiger charge is 2.39. The Labute approximate surface area is 126 Å². The van der Waals surface area contributed by atoms with E-state index in [9.17, 15) is 23.3 Å². The molecule has 0 spiro atoms. The molecule has 9 heteroatoms. The van der Waals surface area contributed by atoms with Crippen molar-refractivity contribution in [3.05, 3.63) is 39.9 Å². The average molecular weight is 333 g/mol. The summed E-state index contributed by atoms with van der Waals surface area (Å²) in [6.45, 7) is 1.77. The third-order valence-corrected chi connectivity index (χ3v) is 5.44. The Morgan fingerprint density at radius 2 is 1.95 bits per heavy atom. The van der Waals surface area contributed by atoms with Gasteiger partial charge < -0.3 is 4.90 Å². The maximum atomic E-state index is 11.9. The van der Waals surface area contributed by atoms with Crippen LogP contribution in [-0.2, 0) is 13.8 Å². The van der Waals surface area contributed by atoms with Gasteiger partial charge in [0.15, 0.2) is 0 Å². The molecule has 0 bridgehead atoms. The second-order valence-corrected chi connectivity index (χ2v) is 7.78. The number of rotatable bonds is 4. The Hall–Kier alpha value is -1.67. The topological polar surface area (TPSA) is 97.6 Å². The Kier molecular flexibility index (Phi) is 4.20. The molecule has 114 valence electrons. The van der Waals surface area contributed by atoms with Crippen molar-refractivity contribution in [2.45, 2.75) is 24.6 Å². The summed E-state index contributed by atoms with van der Waals surface area (Å²) in [5.41, 5.74) is 0.654. The van der Waals surface area contributed by atoms with Gasteiger partial charge in [-0.2, -0.15) is 0 Å². The molecule has 1 fully saturated rings. The van der Waals surface area contributed by atoms with Crippen LogP contribution in [0.2, 0.25) is 0 Å². The number of nitro benzene ring substituents is 1. The first kappa shape index (κ1) is 15.7. The van der Waals surface area contributed by atoms with E-state index < -0.39 is 19.2 Å². The van der Waals surface area contributed by atoms with Crippen molar-refractivity contribution in [3.63, 3.8) is 0 Å². The third-order valence-electron chi connectivity index (χ3n) is 3.57. The smallest absolute Gasteiger partial charge is 0.269 e. The van der Waals surface area contributed by atoms with Crippen LogP contribution >= 0.6 is 10.7 Å². The molecule has 2 atom stereocenters. The van der Waals surface area contributed by atoms with Crippen molar-refractivity contribution in [1.29, 1.82) is 0 Å². The number of amides is 1. The molecule has 1 heterocycles. The highest BCUT2D eigenvalue weighted by atomic mass is 35.7. The molecule has 0 aliphatic carbocycles. The van der Waals surface area contributed by atoms with Gasteiger partial charge in [0.1, 0.15) is 5.25 Å². The number of carbonyl (C=O) groups excluding carboxylic acids is 1. The van der Waals surface area contributed by atoms with Gasteiger partial charge in [-0.05, 0) is 12.5 Å². The minimum absolute atomic E-state index is 0.0306. The summed E-state index contributed by atoms with van der Waals surface area (Å²) in [5, 5.41) is 9.69. The van der Waals surface area contributed by atoms with E-state index in [2.05, 4.69) is 0 Å². The van der Waals surface area contributed by atoms with Gasteiger partial charge in [0.2, 0.25) is 15.0 Å².